The monoisotopic (exact) mass is 311 g/mol. The average molecular weight is 311 g/mol. The maximum Gasteiger partial charge on any atom is 0.389 e. The molecular formula is C11H16F3N3O2S. The molecule has 0 amide bonds. The van der Waals surface area contributed by atoms with Gasteiger partial charge in [0.15, 0.2) is 0 Å². The number of hydrogen-bond acceptors (Lipinski definition) is 4. The number of anilines is 2. The summed E-state index contributed by atoms with van der Waals surface area (Å²) in [6.45, 7) is 0.122. The smallest absolute Gasteiger partial charge is 0.389 e. The molecule has 0 aromatic heterocycles. The molecule has 20 heavy (non-hydrogen) atoms. The van der Waals surface area contributed by atoms with E-state index in [2.05, 4.69) is 10.0 Å². The number of rotatable bonds is 6. The van der Waals surface area contributed by atoms with Crippen LogP contribution in [-0.4, -0.2) is 28.2 Å². The highest BCUT2D eigenvalue weighted by atomic mass is 32.2. The highest BCUT2D eigenvalue weighted by Crippen LogP contribution is 2.23. The maximum absolute atomic E-state index is 11.9. The topological polar surface area (TPSA) is 84.2 Å². The van der Waals surface area contributed by atoms with Crippen LogP contribution in [0.2, 0.25) is 0 Å². The van der Waals surface area contributed by atoms with E-state index in [0.29, 0.717) is 5.69 Å². The summed E-state index contributed by atoms with van der Waals surface area (Å²) in [7, 11) is -2.38. The van der Waals surface area contributed by atoms with Crippen molar-refractivity contribution >= 4 is 21.4 Å². The first-order valence-electron chi connectivity index (χ1n) is 5.79. The number of nitrogens with two attached hydrogens (primary N) is 1. The second kappa shape index (κ2) is 6.31. The summed E-state index contributed by atoms with van der Waals surface area (Å²) in [4.78, 5) is -0.0687. The summed E-state index contributed by atoms with van der Waals surface area (Å²) >= 11 is 0. The molecule has 0 bridgehead atoms. The molecule has 0 aliphatic rings. The molecule has 0 saturated carbocycles. The first-order valence-corrected chi connectivity index (χ1v) is 7.28. The van der Waals surface area contributed by atoms with Crippen LogP contribution in [-0.2, 0) is 10.0 Å². The van der Waals surface area contributed by atoms with Crippen molar-refractivity contribution in [1.29, 1.82) is 0 Å². The van der Waals surface area contributed by atoms with E-state index in [4.69, 9.17) is 5.73 Å². The van der Waals surface area contributed by atoms with Crippen LogP contribution in [0.25, 0.3) is 0 Å². The summed E-state index contributed by atoms with van der Waals surface area (Å²) in [5.41, 5.74) is 6.12. The number of halogens is 3. The van der Waals surface area contributed by atoms with Crippen molar-refractivity contribution in [3.63, 3.8) is 0 Å². The standard InChI is InChI=1S/C11H16F3N3O2S/c1-16-20(18,19)10-4-3-8(7-9(10)15)17-6-2-5-11(12,13)14/h3-4,7,16-17H,2,5-6,15H2,1H3. The van der Waals surface area contributed by atoms with E-state index < -0.39 is 22.6 Å². The lowest BCUT2D eigenvalue weighted by Gasteiger charge is -2.11. The summed E-state index contributed by atoms with van der Waals surface area (Å²) in [5, 5.41) is 2.76. The third-order valence-corrected chi connectivity index (χ3v) is 4.02. The van der Waals surface area contributed by atoms with Crippen molar-refractivity contribution in [1.82, 2.24) is 4.72 Å². The van der Waals surface area contributed by atoms with Gasteiger partial charge in [0, 0.05) is 18.7 Å². The Bertz CT molecular complexity index is 559. The predicted molar refractivity (Wildman–Crippen MR) is 70.9 cm³/mol. The molecule has 0 atom stereocenters. The van der Waals surface area contributed by atoms with Crippen LogP contribution in [0.15, 0.2) is 23.1 Å². The van der Waals surface area contributed by atoms with Gasteiger partial charge in [-0.3, -0.25) is 0 Å². The molecule has 4 N–H and O–H groups in total. The van der Waals surface area contributed by atoms with Gasteiger partial charge < -0.3 is 11.1 Å². The van der Waals surface area contributed by atoms with Gasteiger partial charge in [0.05, 0.1) is 5.69 Å². The van der Waals surface area contributed by atoms with E-state index >= 15 is 0 Å². The van der Waals surface area contributed by atoms with Crippen LogP contribution in [0, 0.1) is 0 Å². The molecule has 5 nitrogen and oxygen atoms in total. The highest BCUT2D eigenvalue weighted by Gasteiger charge is 2.25. The van der Waals surface area contributed by atoms with Crippen LogP contribution in [0.3, 0.4) is 0 Å². The van der Waals surface area contributed by atoms with Crippen LogP contribution in [0.5, 0.6) is 0 Å². The lowest BCUT2D eigenvalue weighted by molar-refractivity contribution is -0.134. The van der Waals surface area contributed by atoms with E-state index in [-0.39, 0.29) is 23.5 Å². The second-order valence-corrected chi connectivity index (χ2v) is 5.96. The number of nitrogen functional groups attached to an aromatic ring is 1. The minimum Gasteiger partial charge on any atom is -0.398 e. The quantitative estimate of drug-likeness (QED) is 0.554. The lowest BCUT2D eigenvalue weighted by Crippen LogP contribution is -2.20. The Morgan fingerprint density at radius 3 is 2.45 bits per heavy atom. The molecule has 0 aliphatic heterocycles. The number of sulfonamides is 1. The molecule has 1 aromatic rings. The first kappa shape index (κ1) is 16.6. The van der Waals surface area contributed by atoms with Gasteiger partial charge in [0.2, 0.25) is 10.0 Å². The Labute approximate surface area is 115 Å². The molecule has 0 saturated heterocycles. The minimum atomic E-state index is -4.18. The summed E-state index contributed by atoms with van der Waals surface area (Å²) in [5.74, 6) is 0. The van der Waals surface area contributed by atoms with Crippen molar-refractivity contribution in [2.45, 2.75) is 23.9 Å². The normalized spacial score (nSPS) is 12.4. The number of alkyl halides is 3. The summed E-state index contributed by atoms with van der Waals surface area (Å²) in [6.07, 6.45) is -5.12. The molecule has 0 unspecified atom stereocenters. The average Bonchev–Trinajstić information content (AvgIpc) is 2.33. The van der Waals surface area contributed by atoms with Crippen molar-refractivity contribution in [3.05, 3.63) is 18.2 Å². The molecule has 0 fully saturated rings. The van der Waals surface area contributed by atoms with Crippen LogP contribution in [0.4, 0.5) is 24.5 Å². The number of nitrogens with one attached hydrogen (secondary N) is 2. The number of hydrogen-bond donors (Lipinski definition) is 3. The first-order chi connectivity index (χ1) is 9.15. The van der Waals surface area contributed by atoms with Crippen LogP contribution >= 0.6 is 0 Å². The molecule has 114 valence electrons. The zero-order valence-corrected chi connectivity index (χ0v) is 11.6. The highest BCUT2D eigenvalue weighted by molar-refractivity contribution is 7.89. The maximum atomic E-state index is 11.9. The Hall–Kier alpha value is -1.48. The van der Waals surface area contributed by atoms with Crippen LogP contribution < -0.4 is 15.8 Å². The van der Waals surface area contributed by atoms with E-state index in [9.17, 15) is 21.6 Å². The van der Waals surface area contributed by atoms with Gasteiger partial charge in [-0.25, -0.2) is 13.1 Å². The lowest BCUT2D eigenvalue weighted by atomic mass is 10.2. The van der Waals surface area contributed by atoms with Crippen molar-refractivity contribution in [3.8, 4) is 0 Å². The Morgan fingerprint density at radius 1 is 1.30 bits per heavy atom. The van der Waals surface area contributed by atoms with E-state index in [0.717, 1.165) is 0 Å². The molecule has 0 radical (unpaired) electrons. The molecule has 0 aliphatic carbocycles. The summed E-state index contributed by atoms with van der Waals surface area (Å²) in [6, 6.07) is 4.12. The Balaban J connectivity index is 2.65. The van der Waals surface area contributed by atoms with E-state index in [1.807, 2.05) is 0 Å². The van der Waals surface area contributed by atoms with E-state index in [1.165, 1.54) is 25.2 Å². The molecular weight excluding hydrogens is 295 g/mol. The van der Waals surface area contributed by atoms with Gasteiger partial charge in [-0.1, -0.05) is 0 Å². The van der Waals surface area contributed by atoms with Crippen molar-refractivity contribution < 1.29 is 21.6 Å². The fraction of sp³-hybridized carbons (Fsp3) is 0.455. The minimum absolute atomic E-state index is 0.0279. The van der Waals surface area contributed by atoms with Gasteiger partial charge in [0.25, 0.3) is 0 Å². The predicted octanol–water partition coefficient (Wildman–Crippen LogP) is 1.93. The molecule has 1 aromatic carbocycles. The largest absolute Gasteiger partial charge is 0.398 e. The Kier molecular flexibility index (Phi) is 5.23. The van der Waals surface area contributed by atoms with Gasteiger partial charge in [0.1, 0.15) is 4.90 Å². The SMILES string of the molecule is CNS(=O)(=O)c1ccc(NCCCC(F)(F)F)cc1N. The van der Waals surface area contributed by atoms with Crippen LogP contribution in [0.1, 0.15) is 12.8 Å². The third-order valence-electron chi connectivity index (χ3n) is 2.53. The fourth-order valence-corrected chi connectivity index (χ4v) is 2.37. The fourth-order valence-electron chi connectivity index (χ4n) is 1.53. The van der Waals surface area contributed by atoms with E-state index in [1.54, 1.807) is 0 Å². The van der Waals surface area contributed by atoms with Gasteiger partial charge in [-0.2, -0.15) is 13.2 Å². The molecule has 0 heterocycles. The summed E-state index contributed by atoms with van der Waals surface area (Å²) < 4.78 is 61.1. The van der Waals surface area contributed by atoms with Crippen molar-refractivity contribution in [2.24, 2.45) is 0 Å². The van der Waals surface area contributed by atoms with Crippen molar-refractivity contribution in [2.75, 3.05) is 24.6 Å². The third kappa shape index (κ3) is 4.89. The molecule has 1 rings (SSSR count). The molecule has 9 heteroatoms. The second-order valence-electron chi connectivity index (χ2n) is 4.11. The van der Waals surface area contributed by atoms with Gasteiger partial charge in [-0.05, 0) is 31.7 Å². The molecule has 0 spiro atoms. The Morgan fingerprint density at radius 2 is 1.95 bits per heavy atom. The number of benzene rings is 1. The zero-order chi connectivity index (χ0) is 15.4. The van der Waals surface area contributed by atoms with Gasteiger partial charge >= 0.3 is 6.18 Å². The van der Waals surface area contributed by atoms with Gasteiger partial charge in [-0.15, -0.1) is 0 Å². The zero-order valence-electron chi connectivity index (χ0n) is 10.8.